The molecule has 0 aromatic carbocycles. The Balaban J connectivity index is -0.000000104. The largest absolute Gasteiger partial charge is 0.469 e. The Bertz CT molecular complexity index is 429. The van der Waals surface area contributed by atoms with Crippen LogP contribution in [0.5, 0.6) is 0 Å². The van der Waals surface area contributed by atoms with Gasteiger partial charge < -0.3 is 18.9 Å². The van der Waals surface area contributed by atoms with Crippen LogP contribution in [0.15, 0.2) is 0 Å². The van der Waals surface area contributed by atoms with Crippen LogP contribution in [0.25, 0.3) is 0 Å². The molecule has 0 unspecified atom stereocenters. The first-order valence-electron chi connectivity index (χ1n) is 11.4. The van der Waals surface area contributed by atoms with Crippen molar-refractivity contribution in [3.63, 3.8) is 0 Å². The van der Waals surface area contributed by atoms with Crippen molar-refractivity contribution in [2.75, 3.05) is 41.7 Å². The fraction of sp³-hybridized carbons (Fsp3) is 0.840. The molecule has 200 valence electrons. The van der Waals surface area contributed by atoms with E-state index in [1.54, 1.807) is 21.0 Å². The molecule has 0 spiro atoms. The standard InChI is InChI=1S/C10H20O.3C4H8O2.C3H8O/c1-5-7-9(11)8-10(3,4)6-2;1-4(5)3-6-2;2*1-3-4(5)6-2;1-3-4-2/h5-8H2,1-4H3;3*3H2,1-2H3;3H2,1-2H3. The van der Waals surface area contributed by atoms with E-state index in [0.717, 1.165) is 32.3 Å². The molecule has 0 saturated carbocycles. The minimum absolute atomic E-state index is 0.0671. The highest BCUT2D eigenvalue weighted by Gasteiger charge is 2.18. The van der Waals surface area contributed by atoms with E-state index in [-0.39, 0.29) is 29.7 Å². The van der Waals surface area contributed by atoms with Gasteiger partial charge >= 0.3 is 11.9 Å². The molecule has 33 heavy (non-hydrogen) atoms. The number of ether oxygens (including phenoxy) is 4. The molecule has 0 radical (unpaired) electrons. The Kier molecular flexibility index (Phi) is 40.7. The van der Waals surface area contributed by atoms with Crippen molar-refractivity contribution in [2.24, 2.45) is 5.41 Å². The number of hydrogen-bond acceptors (Lipinski definition) is 8. The second-order valence-corrected chi connectivity index (χ2v) is 7.55. The first kappa shape index (κ1) is 41.5. The lowest BCUT2D eigenvalue weighted by Gasteiger charge is -2.20. The number of hydrogen-bond donors (Lipinski definition) is 0. The Morgan fingerprint density at radius 1 is 0.727 bits per heavy atom. The maximum atomic E-state index is 11.2. The summed E-state index contributed by atoms with van der Waals surface area (Å²) >= 11 is 0. The number of esters is 2. The molecule has 0 aromatic heterocycles. The second-order valence-electron chi connectivity index (χ2n) is 7.55. The zero-order valence-electron chi connectivity index (χ0n) is 23.4. The number of ketones is 2. The summed E-state index contributed by atoms with van der Waals surface area (Å²) in [6.07, 6.45) is 4.51. The van der Waals surface area contributed by atoms with Crippen LogP contribution in [0, 0.1) is 5.41 Å². The lowest BCUT2D eigenvalue weighted by Crippen LogP contribution is -2.15. The van der Waals surface area contributed by atoms with Gasteiger partial charge in [-0.25, -0.2) is 0 Å². The van der Waals surface area contributed by atoms with Gasteiger partial charge in [-0.1, -0.05) is 48.0 Å². The van der Waals surface area contributed by atoms with E-state index in [9.17, 15) is 19.2 Å². The molecule has 0 bridgehead atoms. The maximum Gasteiger partial charge on any atom is 0.305 e. The van der Waals surface area contributed by atoms with E-state index in [0.29, 0.717) is 18.6 Å². The maximum absolute atomic E-state index is 11.2. The number of Topliss-reactive ketones (excluding diaryl/α,β-unsaturated/α-hetero) is 2. The molecule has 0 fully saturated rings. The average Bonchev–Trinajstić information content (AvgIpc) is 2.79. The second kappa shape index (κ2) is 32.4. The van der Waals surface area contributed by atoms with Gasteiger partial charge in [-0.2, -0.15) is 0 Å². The summed E-state index contributed by atoms with van der Waals surface area (Å²) in [4.78, 5) is 41.1. The molecule has 0 aliphatic carbocycles. The third-order valence-corrected chi connectivity index (χ3v) is 3.83. The monoisotopic (exact) mass is 480 g/mol. The Hall–Kier alpha value is -1.80. The zero-order chi connectivity index (χ0) is 27.3. The number of carbonyl (C=O) groups excluding carboxylic acids is 4. The summed E-state index contributed by atoms with van der Waals surface area (Å²) in [6.45, 7) is 16.5. The summed E-state index contributed by atoms with van der Waals surface area (Å²) in [5, 5.41) is 0. The fourth-order valence-electron chi connectivity index (χ4n) is 1.52. The van der Waals surface area contributed by atoms with Gasteiger partial charge in [0.05, 0.1) is 14.2 Å². The van der Waals surface area contributed by atoms with E-state index in [1.807, 2.05) is 6.92 Å². The fourth-order valence-corrected chi connectivity index (χ4v) is 1.52. The molecule has 0 saturated heterocycles. The molecule has 0 aliphatic heterocycles. The van der Waals surface area contributed by atoms with Gasteiger partial charge in [0.25, 0.3) is 0 Å². The van der Waals surface area contributed by atoms with Crippen LogP contribution in [0.4, 0.5) is 0 Å². The normalized spacial score (nSPS) is 9.09. The lowest BCUT2D eigenvalue weighted by molar-refractivity contribution is -0.141. The van der Waals surface area contributed by atoms with Gasteiger partial charge in [0.2, 0.25) is 0 Å². The highest BCUT2D eigenvalue weighted by Crippen LogP contribution is 2.25. The molecular formula is C25H52O8. The summed E-state index contributed by atoms with van der Waals surface area (Å²) in [7, 11) is 5.94. The molecule has 0 rings (SSSR count). The quantitative estimate of drug-likeness (QED) is 0.393. The van der Waals surface area contributed by atoms with Gasteiger partial charge in [-0.05, 0) is 25.7 Å². The lowest BCUT2D eigenvalue weighted by atomic mass is 9.84. The molecule has 0 amide bonds. The SMILES string of the molecule is CCC(=O)OC.CCC(=O)OC.CCCC(=O)CC(C)(C)CC.CCOC.COCC(C)=O. The third kappa shape index (κ3) is 53.4. The van der Waals surface area contributed by atoms with E-state index >= 15 is 0 Å². The average molecular weight is 481 g/mol. The molecule has 0 aliphatic rings. The first-order valence-corrected chi connectivity index (χ1v) is 11.4. The van der Waals surface area contributed by atoms with Crippen LogP contribution in [0.3, 0.4) is 0 Å². The van der Waals surface area contributed by atoms with E-state index in [1.165, 1.54) is 28.3 Å². The molecule has 0 atom stereocenters. The van der Waals surface area contributed by atoms with E-state index in [4.69, 9.17) is 0 Å². The molecule has 0 heterocycles. The van der Waals surface area contributed by atoms with Crippen LogP contribution in [0.2, 0.25) is 0 Å². The van der Waals surface area contributed by atoms with E-state index < -0.39 is 0 Å². The number of rotatable bonds is 10. The van der Waals surface area contributed by atoms with Crippen LogP contribution in [0.1, 0.15) is 93.9 Å². The van der Waals surface area contributed by atoms with Gasteiger partial charge in [-0.15, -0.1) is 0 Å². The number of methoxy groups -OCH3 is 4. The van der Waals surface area contributed by atoms with Crippen molar-refractivity contribution in [3.05, 3.63) is 0 Å². The first-order chi connectivity index (χ1) is 15.3. The predicted octanol–water partition coefficient (Wildman–Crippen LogP) is 5.20. The van der Waals surface area contributed by atoms with Crippen molar-refractivity contribution >= 4 is 23.5 Å². The van der Waals surface area contributed by atoms with Crippen molar-refractivity contribution in [1.82, 2.24) is 0 Å². The predicted molar refractivity (Wildman–Crippen MR) is 133 cm³/mol. The topological polar surface area (TPSA) is 105 Å². The summed E-state index contributed by atoms with van der Waals surface area (Å²) in [6, 6.07) is 0. The van der Waals surface area contributed by atoms with Crippen LogP contribution in [-0.2, 0) is 38.1 Å². The number of carbonyl (C=O) groups is 4. The van der Waals surface area contributed by atoms with Crippen LogP contribution >= 0.6 is 0 Å². The van der Waals surface area contributed by atoms with Crippen molar-refractivity contribution in [2.45, 2.75) is 93.9 Å². The summed E-state index contributed by atoms with van der Waals surface area (Å²) < 4.78 is 17.5. The highest BCUT2D eigenvalue weighted by molar-refractivity contribution is 5.78. The van der Waals surface area contributed by atoms with Gasteiger partial charge in [0.1, 0.15) is 12.4 Å². The molecule has 8 heteroatoms. The van der Waals surface area contributed by atoms with E-state index in [2.05, 4.69) is 46.6 Å². The summed E-state index contributed by atoms with van der Waals surface area (Å²) in [5.41, 5.74) is 0.215. The van der Waals surface area contributed by atoms with Crippen LogP contribution < -0.4 is 0 Å². The summed E-state index contributed by atoms with van der Waals surface area (Å²) in [5.74, 6) is 0.168. The van der Waals surface area contributed by atoms with Gasteiger partial charge in [0.15, 0.2) is 5.78 Å². The Morgan fingerprint density at radius 3 is 1.24 bits per heavy atom. The molecule has 0 N–H and O–H groups in total. The molecular weight excluding hydrogens is 428 g/mol. The zero-order valence-corrected chi connectivity index (χ0v) is 23.4. The van der Waals surface area contributed by atoms with Crippen molar-refractivity contribution < 1.29 is 38.1 Å². The molecule has 0 aromatic rings. The third-order valence-electron chi connectivity index (χ3n) is 3.83. The van der Waals surface area contributed by atoms with Gasteiger partial charge in [0, 0.05) is 46.5 Å². The van der Waals surface area contributed by atoms with Crippen molar-refractivity contribution in [1.29, 1.82) is 0 Å². The highest BCUT2D eigenvalue weighted by atomic mass is 16.5. The Labute approximate surface area is 203 Å². The molecule has 8 nitrogen and oxygen atoms in total. The minimum atomic E-state index is -0.157. The minimum Gasteiger partial charge on any atom is -0.469 e. The van der Waals surface area contributed by atoms with Crippen molar-refractivity contribution in [3.8, 4) is 0 Å². The van der Waals surface area contributed by atoms with Gasteiger partial charge in [-0.3, -0.25) is 19.2 Å². The smallest absolute Gasteiger partial charge is 0.305 e. The van der Waals surface area contributed by atoms with Crippen LogP contribution in [-0.4, -0.2) is 65.2 Å². The Morgan fingerprint density at radius 2 is 1.12 bits per heavy atom.